The summed E-state index contributed by atoms with van der Waals surface area (Å²) in [6, 6.07) is 0.817. The number of fused-ring (bicyclic) bond motifs is 1. The molecule has 0 amide bonds. The first-order valence-corrected chi connectivity index (χ1v) is 9.77. The van der Waals surface area contributed by atoms with Gasteiger partial charge in [-0.15, -0.1) is 0 Å². The van der Waals surface area contributed by atoms with Crippen LogP contribution in [0.1, 0.15) is 32.4 Å². The standard InChI is InChI=1S/C20H24F2N6O2/c1-20(2,29)17-15(30-3)10-28-19(27-17)12(9-24-28)16-13(21)7-14(22)18(26-16)25-11-5-4-6-23-8-11/h7,9-11,23,29H,4-6,8H2,1-3H3,(H,25,26)/t11-/m0/s1. The Kier molecular flexibility index (Phi) is 5.29. The predicted molar refractivity (Wildman–Crippen MR) is 107 cm³/mol. The predicted octanol–water partition coefficient (Wildman–Crippen LogP) is 2.47. The van der Waals surface area contributed by atoms with Crippen LogP contribution >= 0.6 is 0 Å². The fourth-order valence-corrected chi connectivity index (χ4v) is 3.57. The first-order chi connectivity index (χ1) is 14.3. The normalized spacial score (nSPS) is 17.3. The Balaban J connectivity index is 1.80. The number of nitrogens with one attached hydrogen (secondary N) is 2. The maximum Gasteiger partial charge on any atom is 0.168 e. The van der Waals surface area contributed by atoms with Crippen LogP contribution in [-0.2, 0) is 5.60 Å². The van der Waals surface area contributed by atoms with Gasteiger partial charge < -0.3 is 20.5 Å². The topological polar surface area (TPSA) is 96.6 Å². The maximum absolute atomic E-state index is 14.7. The number of methoxy groups -OCH3 is 1. The second kappa shape index (κ2) is 7.77. The lowest BCUT2D eigenvalue weighted by molar-refractivity contribution is 0.0707. The molecule has 0 aliphatic carbocycles. The Morgan fingerprint density at radius 1 is 1.30 bits per heavy atom. The molecule has 0 bridgehead atoms. The van der Waals surface area contributed by atoms with Crippen molar-refractivity contribution in [1.29, 1.82) is 0 Å². The Hall–Kier alpha value is -2.85. The van der Waals surface area contributed by atoms with Crippen molar-refractivity contribution in [3.63, 3.8) is 0 Å². The van der Waals surface area contributed by atoms with E-state index in [1.807, 2.05) is 0 Å². The van der Waals surface area contributed by atoms with Gasteiger partial charge in [0, 0.05) is 18.7 Å². The number of rotatable bonds is 5. The van der Waals surface area contributed by atoms with Crippen molar-refractivity contribution in [2.45, 2.75) is 38.3 Å². The van der Waals surface area contributed by atoms with Crippen molar-refractivity contribution in [2.24, 2.45) is 0 Å². The van der Waals surface area contributed by atoms with Crippen LogP contribution in [0.15, 0.2) is 18.5 Å². The number of nitrogens with zero attached hydrogens (tertiary/aromatic N) is 4. The minimum atomic E-state index is -1.30. The average molecular weight is 418 g/mol. The fourth-order valence-electron chi connectivity index (χ4n) is 3.57. The Morgan fingerprint density at radius 2 is 2.10 bits per heavy atom. The van der Waals surface area contributed by atoms with Crippen LogP contribution in [0.4, 0.5) is 14.6 Å². The SMILES string of the molecule is COc1cn2ncc(-c3nc(N[C@H]4CCCNC4)c(F)cc3F)c2nc1C(C)(C)O. The van der Waals surface area contributed by atoms with Crippen molar-refractivity contribution in [1.82, 2.24) is 24.9 Å². The minimum absolute atomic E-state index is 0.00662. The summed E-state index contributed by atoms with van der Waals surface area (Å²) in [5.74, 6) is -1.26. The molecular weight excluding hydrogens is 394 g/mol. The highest BCUT2D eigenvalue weighted by atomic mass is 19.1. The Labute approximate surface area is 172 Å². The number of aliphatic hydroxyl groups is 1. The first kappa shape index (κ1) is 20.4. The molecule has 1 aliphatic rings. The third-order valence-corrected chi connectivity index (χ3v) is 5.08. The smallest absolute Gasteiger partial charge is 0.168 e. The van der Waals surface area contributed by atoms with E-state index in [4.69, 9.17) is 4.74 Å². The molecule has 3 aromatic rings. The lowest BCUT2D eigenvalue weighted by Crippen LogP contribution is -2.38. The van der Waals surface area contributed by atoms with Crippen molar-refractivity contribution in [3.8, 4) is 17.0 Å². The molecule has 30 heavy (non-hydrogen) atoms. The van der Waals surface area contributed by atoms with Gasteiger partial charge in [-0.05, 0) is 33.2 Å². The molecule has 0 radical (unpaired) electrons. The number of halogens is 2. The lowest BCUT2D eigenvalue weighted by Gasteiger charge is -2.24. The molecule has 8 nitrogen and oxygen atoms in total. The Morgan fingerprint density at radius 3 is 2.77 bits per heavy atom. The molecule has 4 heterocycles. The zero-order chi connectivity index (χ0) is 21.5. The summed E-state index contributed by atoms with van der Waals surface area (Å²) in [5.41, 5.74) is -0.545. The second-order valence-corrected chi connectivity index (χ2v) is 7.88. The summed E-state index contributed by atoms with van der Waals surface area (Å²) in [4.78, 5) is 8.67. The zero-order valence-corrected chi connectivity index (χ0v) is 17.0. The van der Waals surface area contributed by atoms with E-state index in [-0.39, 0.29) is 34.5 Å². The van der Waals surface area contributed by atoms with E-state index in [1.54, 1.807) is 20.0 Å². The molecule has 4 rings (SSSR count). The van der Waals surface area contributed by atoms with Gasteiger partial charge in [0.05, 0.1) is 25.1 Å². The van der Waals surface area contributed by atoms with Crippen molar-refractivity contribution in [3.05, 3.63) is 35.8 Å². The fraction of sp³-hybridized carbons (Fsp3) is 0.450. The summed E-state index contributed by atoms with van der Waals surface area (Å²) >= 11 is 0. The molecule has 0 saturated carbocycles. The minimum Gasteiger partial charge on any atom is -0.493 e. The maximum atomic E-state index is 14.7. The van der Waals surface area contributed by atoms with Gasteiger partial charge >= 0.3 is 0 Å². The summed E-state index contributed by atoms with van der Waals surface area (Å²) in [5, 5.41) is 20.9. The van der Waals surface area contributed by atoms with Gasteiger partial charge in [0.1, 0.15) is 17.0 Å². The molecule has 1 aliphatic heterocycles. The molecule has 160 valence electrons. The molecule has 0 aromatic carbocycles. The van der Waals surface area contributed by atoms with Crippen molar-refractivity contribution >= 4 is 11.5 Å². The number of anilines is 1. The van der Waals surface area contributed by atoms with E-state index in [0.29, 0.717) is 12.3 Å². The quantitative estimate of drug-likeness (QED) is 0.586. The second-order valence-electron chi connectivity index (χ2n) is 7.88. The number of ether oxygens (including phenoxy) is 1. The van der Waals surface area contributed by atoms with Crippen molar-refractivity contribution < 1.29 is 18.6 Å². The van der Waals surface area contributed by atoms with E-state index in [2.05, 4.69) is 25.7 Å². The number of pyridine rings is 1. The Bertz CT molecular complexity index is 1070. The van der Waals surface area contributed by atoms with Crippen LogP contribution < -0.4 is 15.4 Å². The molecule has 1 fully saturated rings. The first-order valence-electron chi connectivity index (χ1n) is 9.77. The molecule has 3 aromatic heterocycles. The van der Waals surface area contributed by atoms with Gasteiger partial charge in [0.25, 0.3) is 0 Å². The van der Waals surface area contributed by atoms with Crippen molar-refractivity contribution in [2.75, 3.05) is 25.5 Å². The van der Waals surface area contributed by atoms with Crippen LogP contribution in [0.25, 0.3) is 16.9 Å². The third kappa shape index (κ3) is 3.80. The lowest BCUT2D eigenvalue weighted by atomic mass is 10.0. The molecule has 10 heteroatoms. The van der Waals surface area contributed by atoms with Gasteiger partial charge in [-0.2, -0.15) is 5.10 Å². The van der Waals surface area contributed by atoms with Gasteiger partial charge in [0.2, 0.25) is 0 Å². The van der Waals surface area contributed by atoms with E-state index < -0.39 is 17.2 Å². The monoisotopic (exact) mass is 418 g/mol. The highest BCUT2D eigenvalue weighted by Gasteiger charge is 2.26. The van der Waals surface area contributed by atoms with Gasteiger partial charge in [-0.1, -0.05) is 0 Å². The summed E-state index contributed by atoms with van der Waals surface area (Å²) in [6.07, 6.45) is 4.79. The molecule has 1 saturated heterocycles. The van der Waals surface area contributed by atoms with Crippen LogP contribution in [0.5, 0.6) is 5.75 Å². The third-order valence-electron chi connectivity index (χ3n) is 5.08. The molecule has 0 unspecified atom stereocenters. The zero-order valence-electron chi connectivity index (χ0n) is 17.0. The number of aromatic nitrogens is 4. The highest BCUT2D eigenvalue weighted by Crippen LogP contribution is 2.32. The molecular formula is C20H24F2N6O2. The summed E-state index contributed by atoms with van der Waals surface area (Å²) in [6.45, 7) is 4.74. The van der Waals surface area contributed by atoms with E-state index >= 15 is 0 Å². The largest absolute Gasteiger partial charge is 0.493 e. The van der Waals surface area contributed by atoms with Gasteiger partial charge in [0.15, 0.2) is 28.8 Å². The van der Waals surface area contributed by atoms with Crippen LogP contribution in [0.3, 0.4) is 0 Å². The van der Waals surface area contributed by atoms with E-state index in [1.165, 1.54) is 17.8 Å². The molecule has 3 N–H and O–H groups in total. The summed E-state index contributed by atoms with van der Waals surface area (Å²) in [7, 11) is 1.46. The van der Waals surface area contributed by atoms with Crippen LogP contribution in [0, 0.1) is 11.6 Å². The highest BCUT2D eigenvalue weighted by molar-refractivity contribution is 5.76. The van der Waals surface area contributed by atoms with Crippen LogP contribution in [0.2, 0.25) is 0 Å². The summed E-state index contributed by atoms with van der Waals surface area (Å²) < 4.78 is 35.8. The van der Waals surface area contributed by atoms with E-state index in [9.17, 15) is 13.9 Å². The van der Waals surface area contributed by atoms with Gasteiger partial charge in [-0.25, -0.2) is 23.3 Å². The number of piperidine rings is 1. The average Bonchev–Trinajstić information content (AvgIpc) is 3.12. The van der Waals surface area contributed by atoms with Crippen LogP contribution in [-0.4, -0.2) is 50.9 Å². The number of hydrogen-bond donors (Lipinski definition) is 3. The molecule has 0 spiro atoms. The molecule has 1 atom stereocenters. The van der Waals surface area contributed by atoms with E-state index in [0.717, 1.165) is 25.5 Å². The van der Waals surface area contributed by atoms with Gasteiger partial charge in [-0.3, -0.25) is 0 Å². The number of hydrogen-bond acceptors (Lipinski definition) is 7.